The summed E-state index contributed by atoms with van der Waals surface area (Å²) in [5.41, 5.74) is 2.26. The van der Waals surface area contributed by atoms with E-state index in [0.717, 1.165) is 24.7 Å². The van der Waals surface area contributed by atoms with Gasteiger partial charge in [-0.05, 0) is 50.9 Å². The first-order chi connectivity index (χ1) is 7.34. The summed E-state index contributed by atoms with van der Waals surface area (Å²) in [5, 5.41) is 6.91. The van der Waals surface area contributed by atoms with Crippen molar-refractivity contribution in [2.45, 2.75) is 19.8 Å². The van der Waals surface area contributed by atoms with Gasteiger partial charge >= 0.3 is 0 Å². The summed E-state index contributed by atoms with van der Waals surface area (Å²) in [6.07, 6.45) is 4.50. The van der Waals surface area contributed by atoms with E-state index in [2.05, 4.69) is 21.7 Å². The normalized spacial score (nSPS) is 21.3. The summed E-state index contributed by atoms with van der Waals surface area (Å²) < 4.78 is 0. The van der Waals surface area contributed by atoms with E-state index in [1.165, 1.54) is 25.1 Å². The number of nitrogens with one attached hydrogen (secondary N) is 2. The number of aromatic nitrogens is 1. The highest BCUT2D eigenvalue weighted by atomic mass is 14.9. The summed E-state index contributed by atoms with van der Waals surface area (Å²) in [4.78, 5) is 4.18. The van der Waals surface area contributed by atoms with Gasteiger partial charge < -0.3 is 10.6 Å². The second kappa shape index (κ2) is 5.12. The summed E-state index contributed by atoms with van der Waals surface area (Å²) in [7, 11) is 0. The van der Waals surface area contributed by atoms with Crippen molar-refractivity contribution in [2.75, 3.05) is 25.0 Å². The molecule has 1 saturated heterocycles. The largest absolute Gasteiger partial charge is 0.385 e. The van der Waals surface area contributed by atoms with Gasteiger partial charge in [0.2, 0.25) is 0 Å². The molecular formula is C12H19N3. The number of piperidine rings is 1. The predicted octanol–water partition coefficient (Wildman–Crippen LogP) is 1.80. The summed E-state index contributed by atoms with van der Waals surface area (Å²) in [6.45, 7) is 5.42. The predicted molar refractivity (Wildman–Crippen MR) is 63.1 cm³/mol. The second-order valence-electron chi connectivity index (χ2n) is 4.28. The number of hydrogen-bond donors (Lipinski definition) is 2. The van der Waals surface area contributed by atoms with Gasteiger partial charge in [-0.15, -0.1) is 0 Å². The van der Waals surface area contributed by atoms with Gasteiger partial charge in [-0.1, -0.05) is 0 Å². The average Bonchev–Trinajstić information content (AvgIpc) is 2.28. The molecule has 2 rings (SSSR count). The van der Waals surface area contributed by atoms with Crippen LogP contribution < -0.4 is 10.6 Å². The minimum atomic E-state index is 0.771. The van der Waals surface area contributed by atoms with Crippen molar-refractivity contribution >= 4 is 5.69 Å². The lowest BCUT2D eigenvalue weighted by Crippen LogP contribution is -2.33. The number of nitrogens with zero attached hydrogens (tertiary/aromatic N) is 1. The fourth-order valence-electron chi connectivity index (χ4n) is 2.02. The maximum Gasteiger partial charge on any atom is 0.0393 e. The van der Waals surface area contributed by atoms with Crippen molar-refractivity contribution in [1.29, 1.82) is 0 Å². The molecule has 0 saturated carbocycles. The van der Waals surface area contributed by atoms with Crippen LogP contribution in [0.5, 0.6) is 0 Å². The van der Waals surface area contributed by atoms with Crippen LogP contribution in [-0.2, 0) is 0 Å². The van der Waals surface area contributed by atoms with Crippen LogP contribution in [-0.4, -0.2) is 24.6 Å². The maximum absolute atomic E-state index is 4.18. The Morgan fingerprint density at radius 2 is 2.53 bits per heavy atom. The molecule has 3 heteroatoms. The number of aryl methyl sites for hydroxylation is 1. The van der Waals surface area contributed by atoms with E-state index in [1.54, 1.807) is 0 Å². The summed E-state index contributed by atoms with van der Waals surface area (Å²) in [6, 6.07) is 4.12. The van der Waals surface area contributed by atoms with Gasteiger partial charge in [0.05, 0.1) is 0 Å². The minimum Gasteiger partial charge on any atom is -0.385 e. The quantitative estimate of drug-likeness (QED) is 0.790. The molecule has 0 spiro atoms. The summed E-state index contributed by atoms with van der Waals surface area (Å²) in [5.74, 6) is 0.771. The molecule has 0 bridgehead atoms. The molecule has 1 aromatic rings. The zero-order valence-corrected chi connectivity index (χ0v) is 9.29. The van der Waals surface area contributed by atoms with Gasteiger partial charge in [-0.25, -0.2) is 0 Å². The second-order valence-corrected chi connectivity index (χ2v) is 4.28. The Labute approximate surface area is 91.3 Å². The van der Waals surface area contributed by atoms with E-state index >= 15 is 0 Å². The van der Waals surface area contributed by atoms with Gasteiger partial charge in [-0.3, -0.25) is 4.98 Å². The van der Waals surface area contributed by atoms with Crippen LogP contribution in [0.4, 0.5) is 5.69 Å². The molecule has 0 aliphatic carbocycles. The molecule has 0 aromatic carbocycles. The third-order valence-corrected chi connectivity index (χ3v) is 2.89. The lowest BCUT2D eigenvalue weighted by molar-refractivity contribution is 0.393. The van der Waals surface area contributed by atoms with Gasteiger partial charge in [0.15, 0.2) is 0 Å². The highest BCUT2D eigenvalue weighted by Gasteiger charge is 2.11. The lowest BCUT2D eigenvalue weighted by atomic mass is 10.00. The molecule has 82 valence electrons. The van der Waals surface area contributed by atoms with E-state index in [9.17, 15) is 0 Å². The molecule has 3 nitrogen and oxygen atoms in total. The monoisotopic (exact) mass is 205 g/mol. The molecule has 1 aromatic heterocycles. The first-order valence-corrected chi connectivity index (χ1v) is 5.72. The van der Waals surface area contributed by atoms with Crippen molar-refractivity contribution < 1.29 is 0 Å². The van der Waals surface area contributed by atoms with Crippen LogP contribution in [0.3, 0.4) is 0 Å². The number of hydrogen-bond acceptors (Lipinski definition) is 3. The molecule has 1 aliphatic heterocycles. The molecule has 2 N–H and O–H groups in total. The fourth-order valence-corrected chi connectivity index (χ4v) is 2.02. The van der Waals surface area contributed by atoms with Crippen molar-refractivity contribution in [3.63, 3.8) is 0 Å². The van der Waals surface area contributed by atoms with Crippen molar-refractivity contribution in [3.8, 4) is 0 Å². The Morgan fingerprint density at radius 1 is 1.60 bits per heavy atom. The molecular weight excluding hydrogens is 186 g/mol. The smallest absolute Gasteiger partial charge is 0.0393 e. The number of rotatable bonds is 3. The Morgan fingerprint density at radius 3 is 3.27 bits per heavy atom. The Hall–Kier alpha value is -1.09. The lowest BCUT2D eigenvalue weighted by Gasteiger charge is -2.23. The third kappa shape index (κ3) is 3.20. The molecule has 1 aliphatic rings. The fraction of sp³-hybridized carbons (Fsp3) is 0.583. The van der Waals surface area contributed by atoms with Crippen LogP contribution >= 0.6 is 0 Å². The molecule has 1 unspecified atom stereocenters. The Bertz CT molecular complexity index is 305. The number of anilines is 1. The van der Waals surface area contributed by atoms with Crippen LogP contribution in [0.2, 0.25) is 0 Å². The van der Waals surface area contributed by atoms with Gasteiger partial charge in [0.25, 0.3) is 0 Å². The Balaban J connectivity index is 1.81. The molecule has 2 heterocycles. The SMILES string of the molecule is Cc1cc(NCC2CCCNC2)ccn1. The summed E-state index contributed by atoms with van der Waals surface area (Å²) >= 11 is 0. The standard InChI is InChI=1S/C12H19N3/c1-10-7-12(4-6-14-10)15-9-11-3-2-5-13-8-11/h4,6-7,11,13H,2-3,5,8-9H2,1H3,(H,14,15). The van der Waals surface area contributed by atoms with Crippen molar-refractivity contribution in [3.05, 3.63) is 24.0 Å². The highest BCUT2D eigenvalue weighted by Crippen LogP contribution is 2.12. The van der Waals surface area contributed by atoms with Crippen LogP contribution in [0.25, 0.3) is 0 Å². The first kappa shape index (κ1) is 10.4. The van der Waals surface area contributed by atoms with Gasteiger partial charge in [0, 0.05) is 24.1 Å². The minimum absolute atomic E-state index is 0.771. The van der Waals surface area contributed by atoms with Gasteiger partial charge in [0.1, 0.15) is 0 Å². The maximum atomic E-state index is 4.18. The van der Waals surface area contributed by atoms with Crippen LogP contribution in [0.15, 0.2) is 18.3 Å². The van der Waals surface area contributed by atoms with E-state index in [-0.39, 0.29) is 0 Å². The molecule has 1 atom stereocenters. The van der Waals surface area contributed by atoms with Crippen molar-refractivity contribution in [1.82, 2.24) is 10.3 Å². The molecule has 1 fully saturated rings. The van der Waals surface area contributed by atoms with Crippen LogP contribution in [0, 0.1) is 12.8 Å². The molecule has 0 radical (unpaired) electrons. The van der Waals surface area contributed by atoms with Crippen molar-refractivity contribution in [2.24, 2.45) is 5.92 Å². The Kier molecular flexibility index (Phi) is 3.56. The zero-order valence-electron chi connectivity index (χ0n) is 9.29. The van der Waals surface area contributed by atoms with E-state index in [4.69, 9.17) is 0 Å². The zero-order chi connectivity index (χ0) is 10.5. The highest BCUT2D eigenvalue weighted by molar-refractivity contribution is 5.42. The van der Waals surface area contributed by atoms with Gasteiger partial charge in [-0.2, -0.15) is 0 Å². The third-order valence-electron chi connectivity index (χ3n) is 2.89. The first-order valence-electron chi connectivity index (χ1n) is 5.72. The van der Waals surface area contributed by atoms with E-state index in [0.29, 0.717) is 0 Å². The van der Waals surface area contributed by atoms with Crippen LogP contribution in [0.1, 0.15) is 18.5 Å². The average molecular weight is 205 g/mol. The van der Waals surface area contributed by atoms with E-state index in [1.807, 2.05) is 19.2 Å². The van der Waals surface area contributed by atoms with E-state index < -0.39 is 0 Å². The topological polar surface area (TPSA) is 37.0 Å². The number of pyridine rings is 1. The molecule has 15 heavy (non-hydrogen) atoms. The molecule has 0 amide bonds.